The van der Waals surface area contributed by atoms with Crippen molar-refractivity contribution in [2.45, 2.75) is 12.5 Å². The van der Waals surface area contributed by atoms with E-state index in [1.165, 1.54) is 7.11 Å². The first-order chi connectivity index (χ1) is 9.08. The molecule has 1 aliphatic heterocycles. The molecule has 1 fully saturated rings. The zero-order valence-corrected chi connectivity index (χ0v) is 11.5. The third-order valence-corrected chi connectivity index (χ3v) is 3.66. The van der Waals surface area contributed by atoms with Crippen LogP contribution in [0.3, 0.4) is 0 Å². The summed E-state index contributed by atoms with van der Waals surface area (Å²) < 4.78 is 10.6. The Balaban J connectivity index is 2.33. The van der Waals surface area contributed by atoms with Crippen molar-refractivity contribution in [2.75, 3.05) is 20.8 Å². The molecule has 19 heavy (non-hydrogen) atoms. The Kier molecular flexibility index (Phi) is 4.17. The van der Waals surface area contributed by atoms with E-state index < -0.39 is 5.97 Å². The molecule has 0 bridgehead atoms. The molecule has 0 aliphatic carbocycles. The lowest BCUT2D eigenvalue weighted by Crippen LogP contribution is -2.17. The second kappa shape index (κ2) is 5.67. The number of carboxylic acid groups (broad SMARTS) is 1. The topological polar surface area (TPSA) is 67.8 Å². The third kappa shape index (κ3) is 2.62. The number of carbonyl (C=O) groups is 1. The molecule has 0 spiro atoms. The van der Waals surface area contributed by atoms with Crippen LogP contribution in [0, 0.1) is 5.92 Å². The van der Waals surface area contributed by atoms with Gasteiger partial charge >= 0.3 is 5.97 Å². The van der Waals surface area contributed by atoms with E-state index in [0.717, 1.165) is 5.56 Å². The highest BCUT2D eigenvalue weighted by molar-refractivity contribution is 6.32. The van der Waals surface area contributed by atoms with E-state index in [1.54, 1.807) is 13.2 Å². The van der Waals surface area contributed by atoms with Crippen LogP contribution < -0.4 is 14.8 Å². The van der Waals surface area contributed by atoms with E-state index in [9.17, 15) is 4.79 Å². The smallest absolute Gasteiger partial charge is 0.307 e. The number of hydrogen-bond donors (Lipinski definition) is 2. The van der Waals surface area contributed by atoms with Gasteiger partial charge in [0.25, 0.3) is 0 Å². The van der Waals surface area contributed by atoms with Gasteiger partial charge in [0, 0.05) is 18.2 Å². The lowest BCUT2D eigenvalue weighted by atomic mass is 9.99. The van der Waals surface area contributed by atoms with E-state index in [-0.39, 0.29) is 12.0 Å². The fourth-order valence-electron chi connectivity index (χ4n) is 2.39. The minimum atomic E-state index is -0.783. The fourth-order valence-corrected chi connectivity index (χ4v) is 2.62. The number of halogens is 1. The van der Waals surface area contributed by atoms with Gasteiger partial charge in [-0.1, -0.05) is 17.7 Å². The molecule has 1 saturated heterocycles. The van der Waals surface area contributed by atoms with Gasteiger partial charge in [-0.05, 0) is 12.5 Å². The number of aliphatic carboxylic acids is 1. The maximum Gasteiger partial charge on any atom is 0.307 e. The molecule has 2 unspecified atom stereocenters. The van der Waals surface area contributed by atoms with Crippen molar-refractivity contribution in [2.24, 2.45) is 5.92 Å². The Bertz CT molecular complexity index is 492. The van der Waals surface area contributed by atoms with E-state index in [1.807, 2.05) is 6.07 Å². The Labute approximate surface area is 116 Å². The number of nitrogens with one attached hydrogen (secondary N) is 1. The highest BCUT2D eigenvalue weighted by Crippen LogP contribution is 2.42. The van der Waals surface area contributed by atoms with Gasteiger partial charge in [0.2, 0.25) is 0 Å². The molecule has 0 saturated carbocycles. The number of hydrogen-bond acceptors (Lipinski definition) is 4. The summed E-state index contributed by atoms with van der Waals surface area (Å²) in [5.74, 6) is -0.132. The summed E-state index contributed by atoms with van der Waals surface area (Å²) in [6.07, 6.45) is 0.524. The van der Waals surface area contributed by atoms with Crippen LogP contribution in [-0.2, 0) is 4.79 Å². The minimum absolute atomic E-state index is 0.0674. The van der Waals surface area contributed by atoms with E-state index in [4.69, 9.17) is 26.2 Å². The Morgan fingerprint density at radius 1 is 1.37 bits per heavy atom. The van der Waals surface area contributed by atoms with Gasteiger partial charge in [-0.25, -0.2) is 0 Å². The van der Waals surface area contributed by atoms with Crippen LogP contribution in [0.4, 0.5) is 0 Å². The molecule has 2 atom stereocenters. The monoisotopic (exact) mass is 285 g/mol. The number of benzene rings is 1. The Hall–Kier alpha value is -1.46. The van der Waals surface area contributed by atoms with Gasteiger partial charge in [-0.15, -0.1) is 0 Å². The summed E-state index contributed by atoms with van der Waals surface area (Å²) in [4.78, 5) is 11.0. The lowest BCUT2D eigenvalue weighted by Gasteiger charge is -2.18. The van der Waals surface area contributed by atoms with Crippen LogP contribution in [0.2, 0.25) is 5.02 Å². The number of methoxy groups -OCH3 is 2. The van der Waals surface area contributed by atoms with Crippen molar-refractivity contribution in [3.8, 4) is 11.5 Å². The molecule has 0 amide bonds. The van der Waals surface area contributed by atoms with Crippen molar-refractivity contribution in [1.29, 1.82) is 0 Å². The molecule has 6 heteroatoms. The second-order valence-electron chi connectivity index (χ2n) is 4.43. The second-order valence-corrected chi connectivity index (χ2v) is 4.84. The molecule has 104 valence electrons. The van der Waals surface area contributed by atoms with Crippen molar-refractivity contribution < 1.29 is 19.4 Å². The predicted molar refractivity (Wildman–Crippen MR) is 71.0 cm³/mol. The van der Waals surface area contributed by atoms with Crippen molar-refractivity contribution in [1.82, 2.24) is 5.32 Å². The molecule has 1 heterocycles. The third-order valence-electron chi connectivity index (χ3n) is 3.36. The van der Waals surface area contributed by atoms with Crippen molar-refractivity contribution >= 4 is 17.6 Å². The van der Waals surface area contributed by atoms with Crippen LogP contribution in [0.5, 0.6) is 11.5 Å². The summed E-state index contributed by atoms with van der Waals surface area (Å²) in [5.41, 5.74) is 0.868. The van der Waals surface area contributed by atoms with Crippen LogP contribution in [0.1, 0.15) is 18.0 Å². The lowest BCUT2D eigenvalue weighted by molar-refractivity contribution is -0.141. The Morgan fingerprint density at radius 2 is 2.05 bits per heavy atom. The van der Waals surface area contributed by atoms with Gasteiger partial charge < -0.3 is 19.9 Å². The molecule has 2 N–H and O–H groups in total. The maximum atomic E-state index is 11.0. The standard InChI is InChI=1S/C13H16ClNO4/c1-18-11-8(3-4-9(14)12(11)19-2)10-5-7(6-15-10)13(16)17/h3-4,7,10,15H,5-6H2,1-2H3,(H,16,17). The Morgan fingerprint density at radius 3 is 2.58 bits per heavy atom. The molecule has 1 aromatic carbocycles. The van der Waals surface area contributed by atoms with Crippen molar-refractivity contribution in [3.05, 3.63) is 22.7 Å². The fraction of sp³-hybridized carbons (Fsp3) is 0.462. The van der Waals surface area contributed by atoms with Gasteiger partial charge in [0.1, 0.15) is 0 Å². The van der Waals surface area contributed by atoms with E-state index >= 15 is 0 Å². The van der Waals surface area contributed by atoms with Crippen LogP contribution in [0.25, 0.3) is 0 Å². The average Bonchev–Trinajstić information content (AvgIpc) is 2.87. The van der Waals surface area contributed by atoms with Crippen molar-refractivity contribution in [3.63, 3.8) is 0 Å². The summed E-state index contributed by atoms with van der Waals surface area (Å²) in [6, 6.07) is 3.50. The first kappa shape index (κ1) is 14.0. The van der Waals surface area contributed by atoms with Gasteiger partial charge in [-0.3, -0.25) is 4.79 Å². The predicted octanol–water partition coefficient (Wildman–Crippen LogP) is 2.09. The summed E-state index contributed by atoms with van der Waals surface area (Å²) in [6.45, 7) is 0.452. The molecule has 1 aliphatic rings. The first-order valence-corrected chi connectivity index (χ1v) is 6.32. The quantitative estimate of drug-likeness (QED) is 0.887. The molecule has 1 aromatic rings. The highest BCUT2D eigenvalue weighted by atomic mass is 35.5. The molecular weight excluding hydrogens is 270 g/mol. The zero-order chi connectivity index (χ0) is 14.0. The molecular formula is C13H16ClNO4. The average molecular weight is 286 g/mol. The van der Waals surface area contributed by atoms with Gasteiger partial charge in [0.05, 0.1) is 25.2 Å². The SMILES string of the molecule is COc1c(Cl)ccc(C2CC(C(=O)O)CN2)c1OC. The normalized spacial score (nSPS) is 22.3. The first-order valence-electron chi connectivity index (χ1n) is 5.95. The summed E-state index contributed by atoms with van der Waals surface area (Å²) >= 11 is 6.05. The largest absolute Gasteiger partial charge is 0.492 e. The minimum Gasteiger partial charge on any atom is -0.492 e. The number of carboxylic acids is 1. The van der Waals surface area contributed by atoms with E-state index in [0.29, 0.717) is 29.5 Å². The number of rotatable bonds is 4. The van der Waals surface area contributed by atoms with Gasteiger partial charge in [-0.2, -0.15) is 0 Å². The molecule has 0 aromatic heterocycles. The molecule has 5 nitrogen and oxygen atoms in total. The maximum absolute atomic E-state index is 11.0. The van der Waals surface area contributed by atoms with Crippen LogP contribution >= 0.6 is 11.6 Å². The summed E-state index contributed by atoms with van der Waals surface area (Å²) in [7, 11) is 3.07. The highest BCUT2D eigenvalue weighted by Gasteiger charge is 2.32. The van der Waals surface area contributed by atoms with Crippen LogP contribution in [0.15, 0.2) is 12.1 Å². The molecule has 0 radical (unpaired) electrons. The van der Waals surface area contributed by atoms with E-state index in [2.05, 4.69) is 5.32 Å². The summed E-state index contributed by atoms with van der Waals surface area (Å²) in [5, 5.41) is 12.7. The molecule has 2 rings (SSSR count). The van der Waals surface area contributed by atoms with Gasteiger partial charge in [0.15, 0.2) is 11.5 Å². The van der Waals surface area contributed by atoms with Crippen LogP contribution in [-0.4, -0.2) is 31.8 Å². The zero-order valence-electron chi connectivity index (χ0n) is 10.8. The number of ether oxygens (including phenoxy) is 2.